The molecule has 1 aromatic heterocycles. The number of nitrogens with zero attached hydrogens (tertiary/aromatic N) is 1. The molecule has 2 nitrogen and oxygen atoms in total. The summed E-state index contributed by atoms with van der Waals surface area (Å²) in [7, 11) is 0. The molecule has 1 aromatic rings. The van der Waals surface area contributed by atoms with Gasteiger partial charge in [-0.25, -0.2) is 0 Å². The van der Waals surface area contributed by atoms with Crippen LogP contribution >= 0.6 is 22.9 Å². The highest BCUT2D eigenvalue weighted by Crippen LogP contribution is 2.39. The molecule has 1 heterocycles. The number of nitrogens with one attached hydrogen (secondary N) is 1. The van der Waals surface area contributed by atoms with Crippen LogP contribution in [0.15, 0.2) is 30.3 Å². The first kappa shape index (κ1) is 21.8. The lowest BCUT2D eigenvalue weighted by molar-refractivity contribution is 0.513. The summed E-state index contributed by atoms with van der Waals surface area (Å²) in [5, 5.41) is 14.1. The predicted molar refractivity (Wildman–Crippen MR) is 113 cm³/mol. The molecule has 2 rings (SSSR count). The highest BCUT2D eigenvalue weighted by Gasteiger charge is 2.22. The zero-order valence-electron chi connectivity index (χ0n) is 15.7. The van der Waals surface area contributed by atoms with E-state index < -0.39 is 0 Å². The van der Waals surface area contributed by atoms with E-state index in [1.807, 2.05) is 19.9 Å². The van der Waals surface area contributed by atoms with Crippen LogP contribution in [0.2, 0.25) is 0 Å². The first-order valence-electron chi connectivity index (χ1n) is 9.37. The number of rotatable bonds is 8. The summed E-state index contributed by atoms with van der Waals surface area (Å²) in [6, 6.07) is 4.93. The summed E-state index contributed by atoms with van der Waals surface area (Å²) in [5.41, 5.74) is 2.39. The van der Waals surface area contributed by atoms with Gasteiger partial charge < -0.3 is 5.32 Å². The van der Waals surface area contributed by atoms with Gasteiger partial charge in [-0.15, -0.1) is 17.9 Å². The van der Waals surface area contributed by atoms with Crippen molar-refractivity contribution in [2.75, 3.05) is 5.32 Å². The third-order valence-electron chi connectivity index (χ3n) is 4.68. The highest BCUT2D eigenvalue weighted by atomic mass is 35.5. The van der Waals surface area contributed by atoms with Crippen LogP contribution in [0.4, 0.5) is 5.00 Å². The molecule has 2 atom stereocenters. The molecule has 0 spiro atoms. The van der Waals surface area contributed by atoms with E-state index in [1.165, 1.54) is 30.6 Å². The Kier molecular flexibility index (Phi) is 10.6. The second kappa shape index (κ2) is 12.2. The lowest BCUT2D eigenvalue weighted by atomic mass is 9.88. The fraction of sp³-hybridized carbons (Fsp3) is 0.571. The number of hydrogen-bond acceptors (Lipinski definition) is 3. The van der Waals surface area contributed by atoms with Crippen LogP contribution in [0.3, 0.4) is 0 Å². The van der Waals surface area contributed by atoms with Crippen LogP contribution < -0.4 is 5.32 Å². The van der Waals surface area contributed by atoms with E-state index in [0.29, 0.717) is 17.9 Å². The third-order valence-corrected chi connectivity index (χ3v) is 6.09. The fourth-order valence-electron chi connectivity index (χ4n) is 3.21. The van der Waals surface area contributed by atoms with Gasteiger partial charge in [0.15, 0.2) is 0 Å². The first-order valence-corrected chi connectivity index (χ1v) is 10.6. The molecular weight excluding hydrogens is 348 g/mol. The van der Waals surface area contributed by atoms with Crippen LogP contribution in [0.5, 0.6) is 0 Å². The Labute approximate surface area is 162 Å². The van der Waals surface area contributed by atoms with E-state index in [0.717, 1.165) is 23.4 Å². The number of nitriles is 1. The van der Waals surface area contributed by atoms with Crippen molar-refractivity contribution in [3.05, 3.63) is 40.8 Å². The Morgan fingerprint density at radius 3 is 2.68 bits per heavy atom. The maximum atomic E-state index is 9.44. The Balaban J connectivity index is 0.00000151. The van der Waals surface area contributed by atoms with Crippen LogP contribution in [0, 0.1) is 17.2 Å². The topological polar surface area (TPSA) is 35.8 Å². The van der Waals surface area contributed by atoms with Gasteiger partial charge in [-0.1, -0.05) is 57.4 Å². The third kappa shape index (κ3) is 6.53. The molecule has 0 bridgehead atoms. The molecule has 138 valence electrons. The van der Waals surface area contributed by atoms with Gasteiger partial charge in [-0.3, -0.25) is 0 Å². The average molecular weight is 379 g/mol. The van der Waals surface area contributed by atoms with Crippen LogP contribution in [-0.4, -0.2) is 6.04 Å². The zero-order chi connectivity index (χ0) is 18.7. The monoisotopic (exact) mass is 378 g/mol. The fourth-order valence-corrected chi connectivity index (χ4v) is 4.61. The van der Waals surface area contributed by atoms with Crippen molar-refractivity contribution < 1.29 is 0 Å². The lowest BCUT2D eigenvalue weighted by Gasteiger charge is -2.19. The summed E-state index contributed by atoms with van der Waals surface area (Å²) < 4.78 is 0. The standard InChI is InChI=1S/C19H25ClN2S.C2H6/c1-3-4-7-15(10-11-20)14(2)18-12-16(13-21)19(23-18)22-17-8-5-6-9-17;1-2/h3,10-12,14-15,17,22H,1,4-9H2,2H3;1-2H3/b11-10+;. The van der Waals surface area contributed by atoms with Gasteiger partial charge in [0, 0.05) is 16.5 Å². The highest BCUT2D eigenvalue weighted by molar-refractivity contribution is 7.16. The van der Waals surface area contributed by atoms with Gasteiger partial charge in [-0.05, 0) is 43.6 Å². The molecule has 0 radical (unpaired) electrons. The number of thiophene rings is 1. The molecule has 1 N–H and O–H groups in total. The maximum Gasteiger partial charge on any atom is 0.107 e. The minimum absolute atomic E-state index is 0.348. The first-order chi connectivity index (χ1) is 12.2. The maximum absolute atomic E-state index is 9.44. The van der Waals surface area contributed by atoms with E-state index in [-0.39, 0.29) is 0 Å². The Hall–Kier alpha value is -1.24. The molecule has 4 heteroatoms. The number of halogens is 1. The van der Waals surface area contributed by atoms with Crippen molar-refractivity contribution >= 4 is 27.9 Å². The van der Waals surface area contributed by atoms with Gasteiger partial charge in [0.2, 0.25) is 0 Å². The number of allylic oxidation sites excluding steroid dienone is 2. The summed E-state index contributed by atoms with van der Waals surface area (Å²) in [4.78, 5) is 1.26. The van der Waals surface area contributed by atoms with E-state index in [1.54, 1.807) is 16.9 Å². The number of anilines is 1. The van der Waals surface area contributed by atoms with Crippen LogP contribution in [0.25, 0.3) is 0 Å². The zero-order valence-corrected chi connectivity index (χ0v) is 17.3. The second-order valence-electron chi connectivity index (χ2n) is 6.27. The lowest BCUT2D eigenvalue weighted by Crippen LogP contribution is -2.13. The summed E-state index contributed by atoms with van der Waals surface area (Å²) >= 11 is 7.55. The molecule has 2 unspecified atom stereocenters. The Morgan fingerprint density at radius 1 is 1.44 bits per heavy atom. The van der Waals surface area contributed by atoms with E-state index in [9.17, 15) is 5.26 Å². The Morgan fingerprint density at radius 2 is 2.12 bits per heavy atom. The van der Waals surface area contributed by atoms with E-state index in [4.69, 9.17) is 11.6 Å². The second-order valence-corrected chi connectivity index (χ2v) is 7.60. The average Bonchev–Trinajstić information content (AvgIpc) is 3.30. The largest absolute Gasteiger partial charge is 0.373 e. The molecule has 0 amide bonds. The molecule has 1 aliphatic carbocycles. The van der Waals surface area contributed by atoms with E-state index in [2.05, 4.69) is 37.0 Å². The van der Waals surface area contributed by atoms with Crippen LogP contribution in [-0.2, 0) is 0 Å². The van der Waals surface area contributed by atoms with Crippen LogP contribution in [0.1, 0.15) is 75.7 Å². The minimum Gasteiger partial charge on any atom is -0.373 e. The molecule has 1 aliphatic rings. The quantitative estimate of drug-likeness (QED) is 0.477. The van der Waals surface area contributed by atoms with Gasteiger partial charge >= 0.3 is 0 Å². The molecule has 0 saturated heterocycles. The Bertz CT molecular complexity index is 579. The molecule has 1 fully saturated rings. The SMILES string of the molecule is C=CCCC(/C=C/Cl)C(C)c1cc(C#N)c(NC2CCCC2)s1.CC. The van der Waals surface area contributed by atoms with Crippen molar-refractivity contribution in [2.45, 2.75) is 71.3 Å². The molecular formula is C21H31ClN2S. The summed E-state index contributed by atoms with van der Waals surface area (Å²) in [6.45, 7) is 10.0. The normalized spacial score (nSPS) is 16.8. The van der Waals surface area contributed by atoms with E-state index >= 15 is 0 Å². The molecule has 1 saturated carbocycles. The van der Waals surface area contributed by atoms with Crippen molar-refractivity contribution in [3.8, 4) is 6.07 Å². The number of hydrogen-bond donors (Lipinski definition) is 1. The van der Waals surface area contributed by atoms with Crippen molar-refractivity contribution in [2.24, 2.45) is 5.92 Å². The molecule has 0 aliphatic heterocycles. The summed E-state index contributed by atoms with van der Waals surface area (Å²) in [5.74, 6) is 0.719. The predicted octanol–water partition coefficient (Wildman–Crippen LogP) is 7.44. The van der Waals surface area contributed by atoms with Crippen molar-refractivity contribution in [3.63, 3.8) is 0 Å². The molecule has 0 aromatic carbocycles. The minimum atomic E-state index is 0.348. The van der Waals surface area contributed by atoms with Crippen molar-refractivity contribution in [1.29, 1.82) is 5.26 Å². The van der Waals surface area contributed by atoms with Gasteiger partial charge in [-0.2, -0.15) is 5.26 Å². The summed E-state index contributed by atoms with van der Waals surface area (Å²) in [6.07, 6.45) is 11.0. The van der Waals surface area contributed by atoms with Gasteiger partial charge in [0.25, 0.3) is 0 Å². The van der Waals surface area contributed by atoms with Gasteiger partial charge in [0.05, 0.1) is 5.56 Å². The smallest absolute Gasteiger partial charge is 0.107 e. The van der Waals surface area contributed by atoms with Gasteiger partial charge in [0.1, 0.15) is 11.1 Å². The van der Waals surface area contributed by atoms with Crippen molar-refractivity contribution in [1.82, 2.24) is 0 Å². The molecule has 25 heavy (non-hydrogen) atoms.